The summed E-state index contributed by atoms with van der Waals surface area (Å²) >= 11 is 0. The normalized spacial score (nSPS) is 15.1. The van der Waals surface area contributed by atoms with Crippen molar-refractivity contribution in [3.8, 4) is 39.5 Å². The smallest absolute Gasteiger partial charge is 0.0798 e. The molecule has 1 aliphatic rings. The number of hydrogen-bond acceptors (Lipinski definition) is 2. The minimum atomic E-state index is -2.56. The number of pyridine rings is 1. The molecule has 0 saturated heterocycles. The van der Waals surface area contributed by atoms with Gasteiger partial charge in [0.25, 0.3) is 0 Å². The van der Waals surface area contributed by atoms with E-state index in [-0.39, 0.29) is 49.1 Å². The Morgan fingerprint density at radius 3 is 2.19 bits per heavy atom. The minimum absolute atomic E-state index is 0. The van der Waals surface area contributed by atoms with Gasteiger partial charge >= 0.3 is 0 Å². The zero-order chi connectivity index (χ0) is 49.4. The number of fused-ring (bicyclic) bond motifs is 6. The molecule has 1 aliphatic carbocycles. The first-order chi connectivity index (χ1) is 31.8. The van der Waals surface area contributed by atoms with Crippen LogP contribution in [0.25, 0.3) is 61.3 Å². The Morgan fingerprint density at radius 1 is 0.806 bits per heavy atom. The fraction of sp³-hybridized carbons (Fsp3) is 0.298. The molecule has 8 aromatic rings. The number of rotatable bonds is 8. The Balaban J connectivity index is 0.000000215. The summed E-state index contributed by atoms with van der Waals surface area (Å²) < 4.78 is 58.2. The second-order valence-corrected chi connectivity index (χ2v) is 23.9. The van der Waals surface area contributed by atoms with E-state index in [9.17, 15) is 0 Å². The molecule has 2 heterocycles. The summed E-state index contributed by atoms with van der Waals surface area (Å²) in [4.78, 5) is 9.72. The number of nitrogens with zero attached hydrogens (tertiary/aromatic N) is 3. The second-order valence-electron chi connectivity index (χ2n) is 18.9. The largest absolute Gasteiger partial charge is 0.333 e. The average Bonchev–Trinajstić information content (AvgIpc) is 3.76. The summed E-state index contributed by atoms with van der Waals surface area (Å²) in [6, 6.07) is 42.0. The van der Waals surface area contributed by atoms with Crippen LogP contribution in [0.4, 0.5) is 0 Å². The minimum Gasteiger partial charge on any atom is -0.333 e. The van der Waals surface area contributed by atoms with Gasteiger partial charge in [0.2, 0.25) is 0 Å². The van der Waals surface area contributed by atoms with Gasteiger partial charge in [-0.15, -0.1) is 64.7 Å². The summed E-state index contributed by atoms with van der Waals surface area (Å²) in [6.07, 6.45) is 0.120. The van der Waals surface area contributed by atoms with Crippen molar-refractivity contribution in [2.24, 2.45) is 5.92 Å². The Morgan fingerprint density at radius 2 is 1.52 bits per heavy atom. The Kier molecular flexibility index (Phi) is 10.4. The van der Waals surface area contributed by atoms with Gasteiger partial charge in [-0.25, -0.2) is 0 Å². The number of para-hydroxylation sites is 3. The SMILES string of the molecule is CC(C)c1cccc(C(C)C)c1-n1c(-c2[c-]cc3c(c2)-c2c(ccc4ccccc24)C3(C)C)nc2ccccc21.[2H]c1[c-]c(-c2cc(C([2H])([2H])C(C)C)c([Si](C)(C)C)cn2)cc([2H])c1C([2H])([2H])[2H].[Ir]. The van der Waals surface area contributed by atoms with E-state index in [1.165, 1.54) is 55.9 Å². The third-order valence-electron chi connectivity index (χ3n) is 12.0. The van der Waals surface area contributed by atoms with E-state index >= 15 is 0 Å². The fourth-order valence-electron chi connectivity index (χ4n) is 8.89. The maximum Gasteiger partial charge on any atom is 0.0798 e. The number of aromatic nitrogens is 3. The molecule has 9 rings (SSSR count). The summed E-state index contributed by atoms with van der Waals surface area (Å²) in [5.74, 6) is 1.46. The van der Waals surface area contributed by atoms with Gasteiger partial charge in [0.1, 0.15) is 0 Å². The predicted molar refractivity (Wildman–Crippen MR) is 263 cm³/mol. The summed E-state index contributed by atoms with van der Waals surface area (Å²) in [5.41, 5.74) is 13.3. The van der Waals surface area contributed by atoms with Gasteiger partial charge in [0.05, 0.1) is 24.9 Å². The second kappa shape index (κ2) is 17.7. The molecule has 3 nitrogen and oxygen atoms in total. The van der Waals surface area contributed by atoms with Crippen LogP contribution in [-0.4, -0.2) is 22.6 Å². The maximum absolute atomic E-state index is 8.60. The molecule has 0 spiro atoms. The predicted octanol–water partition coefficient (Wildman–Crippen LogP) is 14.8. The van der Waals surface area contributed by atoms with Crippen LogP contribution >= 0.6 is 0 Å². The molecule has 0 atom stereocenters. The molecule has 6 aromatic carbocycles. The van der Waals surface area contributed by atoms with Crippen LogP contribution in [0.1, 0.15) is 110 Å². The van der Waals surface area contributed by atoms with Crippen molar-refractivity contribution in [3.05, 3.63) is 167 Å². The van der Waals surface area contributed by atoms with Crippen molar-refractivity contribution in [1.29, 1.82) is 0 Å². The van der Waals surface area contributed by atoms with Crippen molar-refractivity contribution >= 4 is 35.1 Å². The molecule has 319 valence electrons. The first-order valence-electron chi connectivity index (χ1n) is 25.1. The van der Waals surface area contributed by atoms with Gasteiger partial charge in [-0.05, 0) is 85.6 Å². The maximum atomic E-state index is 8.60. The van der Waals surface area contributed by atoms with Gasteiger partial charge in [-0.1, -0.05) is 166 Å². The Labute approximate surface area is 395 Å². The quantitative estimate of drug-likeness (QED) is 0.112. The molecular weight excluding hydrogens is 947 g/mol. The molecule has 0 unspecified atom stereocenters. The van der Waals surface area contributed by atoms with Crippen molar-refractivity contribution in [3.63, 3.8) is 0 Å². The van der Waals surface area contributed by atoms with Crippen LogP contribution in [-0.2, 0) is 31.9 Å². The Bertz CT molecular complexity index is 3190. The van der Waals surface area contributed by atoms with E-state index in [0.29, 0.717) is 28.7 Å². The first-order valence-corrected chi connectivity index (χ1v) is 25.1. The van der Waals surface area contributed by atoms with Crippen molar-refractivity contribution < 1.29 is 29.7 Å². The van der Waals surface area contributed by atoms with Gasteiger partial charge in [0, 0.05) is 41.6 Å². The van der Waals surface area contributed by atoms with E-state index in [4.69, 9.17) is 14.6 Å². The van der Waals surface area contributed by atoms with Gasteiger partial charge in [-0.2, -0.15) is 0 Å². The van der Waals surface area contributed by atoms with Crippen LogP contribution in [0.15, 0.2) is 121 Å². The molecule has 2 aromatic heterocycles. The van der Waals surface area contributed by atoms with E-state index in [0.717, 1.165) is 27.6 Å². The Hall–Kier alpha value is -4.93. The van der Waals surface area contributed by atoms with Gasteiger partial charge in [-0.3, -0.25) is 4.98 Å². The molecule has 0 saturated carbocycles. The van der Waals surface area contributed by atoms with Crippen LogP contribution in [0.2, 0.25) is 19.6 Å². The monoisotopic (exact) mass is 1020 g/mol. The standard InChI is InChI=1S/C38H35N2.C19H26NSi.Ir/c1-23(2)27-14-11-15-28(24(3)4)36(27)40-34-17-10-9-16-33(34)39-37(40)26-19-20-31-30(22-26)35-29-13-8-7-12-25(29)18-21-32(35)38(31,5)6;1-14(2)11-17-12-18(16-9-7-15(3)8-10-16)20-13-19(17)21(4,5)6;/h7-18,20-24H,1-6H3;7-9,12-14H,11H2,1-6H3;/q2*-1;/i;3D3,7D,8D,11D2;. The zero-order valence-corrected chi connectivity index (χ0v) is 41.2. The molecule has 0 aliphatic heterocycles. The van der Waals surface area contributed by atoms with E-state index < -0.39 is 21.3 Å². The van der Waals surface area contributed by atoms with E-state index in [1.807, 2.05) is 13.8 Å². The van der Waals surface area contributed by atoms with Crippen molar-refractivity contribution in [2.75, 3.05) is 0 Å². The van der Waals surface area contributed by atoms with Crippen LogP contribution < -0.4 is 5.19 Å². The third-order valence-corrected chi connectivity index (χ3v) is 14.0. The molecule has 1 radical (unpaired) electrons. The molecule has 62 heavy (non-hydrogen) atoms. The van der Waals surface area contributed by atoms with E-state index in [2.05, 4.69) is 174 Å². The topological polar surface area (TPSA) is 30.7 Å². The molecular formula is C57H61IrN3Si-2. The summed E-state index contributed by atoms with van der Waals surface area (Å²) in [6.45, 7) is 21.3. The average molecular weight is 1020 g/mol. The van der Waals surface area contributed by atoms with Crippen molar-refractivity contribution in [1.82, 2.24) is 14.5 Å². The van der Waals surface area contributed by atoms with Gasteiger partial charge < -0.3 is 9.55 Å². The molecule has 0 N–H and O–H groups in total. The zero-order valence-electron chi connectivity index (χ0n) is 44.8. The van der Waals surface area contributed by atoms with Crippen LogP contribution in [0.3, 0.4) is 0 Å². The third kappa shape index (κ3) is 8.44. The van der Waals surface area contributed by atoms with Gasteiger partial charge in [0.15, 0.2) is 0 Å². The number of benzene rings is 6. The molecule has 0 fully saturated rings. The molecule has 0 amide bonds. The van der Waals surface area contributed by atoms with E-state index in [1.54, 1.807) is 12.3 Å². The fourth-order valence-corrected chi connectivity index (χ4v) is 10.3. The molecule has 0 bridgehead atoms. The number of hydrogen-bond donors (Lipinski definition) is 0. The molecule has 5 heteroatoms. The van der Waals surface area contributed by atoms with Crippen molar-refractivity contribution in [2.45, 2.75) is 106 Å². The summed E-state index contributed by atoms with van der Waals surface area (Å²) in [5, 5.41) is 3.51. The van der Waals surface area contributed by atoms with Crippen LogP contribution in [0.5, 0.6) is 0 Å². The van der Waals surface area contributed by atoms with Crippen LogP contribution in [0, 0.1) is 24.9 Å². The number of imidazole rings is 1. The first kappa shape index (κ1) is 36.5. The summed E-state index contributed by atoms with van der Waals surface area (Å²) in [7, 11) is -1.87.